The highest BCUT2D eigenvalue weighted by Crippen LogP contribution is 2.32. The number of benzene rings is 1. The van der Waals surface area contributed by atoms with Crippen LogP contribution >= 0.6 is 0 Å². The maximum Gasteiger partial charge on any atom is 0.337 e. The second-order valence-corrected chi connectivity index (χ2v) is 5.37. The van der Waals surface area contributed by atoms with Crippen LogP contribution < -0.4 is 4.90 Å². The second kappa shape index (κ2) is 4.78. The summed E-state index contributed by atoms with van der Waals surface area (Å²) in [5.74, 6) is -0.291. The van der Waals surface area contributed by atoms with E-state index in [0.717, 1.165) is 11.3 Å². The van der Waals surface area contributed by atoms with Crippen molar-refractivity contribution < 1.29 is 9.53 Å². The first-order valence-electron chi connectivity index (χ1n) is 5.67. The van der Waals surface area contributed by atoms with Crippen LogP contribution in [0.5, 0.6) is 0 Å². The monoisotopic (exact) mass is 235 g/mol. The molecular weight excluding hydrogens is 214 g/mol. The van der Waals surface area contributed by atoms with E-state index in [1.165, 1.54) is 7.11 Å². The molecule has 0 aliphatic heterocycles. The van der Waals surface area contributed by atoms with Gasteiger partial charge in [-0.25, -0.2) is 4.79 Å². The number of esters is 1. The third-order valence-electron chi connectivity index (χ3n) is 2.71. The Morgan fingerprint density at radius 3 is 2.24 bits per heavy atom. The van der Waals surface area contributed by atoms with Crippen LogP contribution in [0.1, 0.15) is 36.7 Å². The quantitative estimate of drug-likeness (QED) is 0.738. The molecule has 3 nitrogen and oxygen atoms in total. The number of rotatable bonds is 2. The van der Waals surface area contributed by atoms with E-state index >= 15 is 0 Å². The van der Waals surface area contributed by atoms with Crippen LogP contribution in [-0.4, -0.2) is 27.2 Å². The highest BCUT2D eigenvalue weighted by Gasteiger charge is 2.21. The smallest absolute Gasteiger partial charge is 0.337 e. The first-order valence-corrected chi connectivity index (χ1v) is 5.67. The van der Waals surface area contributed by atoms with Gasteiger partial charge in [0.15, 0.2) is 0 Å². The van der Waals surface area contributed by atoms with Crippen LogP contribution in [0, 0.1) is 0 Å². The van der Waals surface area contributed by atoms with Crippen LogP contribution in [0.3, 0.4) is 0 Å². The maximum atomic E-state index is 11.5. The molecule has 3 heteroatoms. The third kappa shape index (κ3) is 2.99. The SMILES string of the molecule is COC(=O)c1ccc(N(C)C)c(C(C)(C)C)c1. The Morgan fingerprint density at radius 2 is 1.82 bits per heavy atom. The summed E-state index contributed by atoms with van der Waals surface area (Å²) in [6.45, 7) is 6.41. The number of ether oxygens (including phenoxy) is 1. The summed E-state index contributed by atoms with van der Waals surface area (Å²) in [5.41, 5.74) is 2.86. The average Bonchev–Trinajstić information content (AvgIpc) is 2.25. The Bertz CT molecular complexity index is 417. The number of hydrogen-bond acceptors (Lipinski definition) is 3. The summed E-state index contributed by atoms with van der Waals surface area (Å²) in [5, 5.41) is 0. The van der Waals surface area contributed by atoms with Gasteiger partial charge in [0, 0.05) is 19.8 Å². The molecule has 0 amide bonds. The third-order valence-corrected chi connectivity index (χ3v) is 2.71. The van der Waals surface area contributed by atoms with E-state index in [4.69, 9.17) is 4.74 Å². The molecule has 0 aromatic heterocycles. The van der Waals surface area contributed by atoms with Crippen LogP contribution in [0.2, 0.25) is 0 Å². The van der Waals surface area contributed by atoms with Crippen LogP contribution in [0.25, 0.3) is 0 Å². The maximum absolute atomic E-state index is 11.5. The minimum atomic E-state index is -0.291. The van der Waals surface area contributed by atoms with Crippen molar-refractivity contribution in [2.75, 3.05) is 26.1 Å². The van der Waals surface area contributed by atoms with E-state index in [1.807, 2.05) is 26.2 Å². The Morgan fingerprint density at radius 1 is 1.24 bits per heavy atom. The molecule has 17 heavy (non-hydrogen) atoms. The van der Waals surface area contributed by atoms with Gasteiger partial charge in [-0.1, -0.05) is 20.8 Å². The number of nitrogens with zero attached hydrogens (tertiary/aromatic N) is 1. The van der Waals surface area contributed by atoms with E-state index in [-0.39, 0.29) is 11.4 Å². The summed E-state index contributed by atoms with van der Waals surface area (Å²) in [6.07, 6.45) is 0. The van der Waals surface area contributed by atoms with Crippen molar-refractivity contribution >= 4 is 11.7 Å². The second-order valence-electron chi connectivity index (χ2n) is 5.37. The zero-order valence-electron chi connectivity index (χ0n) is 11.5. The Balaban J connectivity index is 3.35. The number of carbonyl (C=O) groups excluding carboxylic acids is 1. The fraction of sp³-hybridized carbons (Fsp3) is 0.500. The van der Waals surface area contributed by atoms with E-state index in [0.29, 0.717) is 5.56 Å². The van der Waals surface area contributed by atoms with Gasteiger partial charge in [-0.3, -0.25) is 0 Å². The summed E-state index contributed by atoms with van der Waals surface area (Å²) in [4.78, 5) is 13.6. The molecule has 94 valence electrons. The fourth-order valence-corrected chi connectivity index (χ4v) is 1.77. The van der Waals surface area contributed by atoms with Crippen molar-refractivity contribution in [3.63, 3.8) is 0 Å². The van der Waals surface area contributed by atoms with E-state index in [1.54, 1.807) is 6.07 Å². The van der Waals surface area contributed by atoms with Gasteiger partial charge in [0.2, 0.25) is 0 Å². The topological polar surface area (TPSA) is 29.5 Å². The lowest BCUT2D eigenvalue weighted by atomic mass is 9.84. The summed E-state index contributed by atoms with van der Waals surface area (Å²) >= 11 is 0. The molecule has 0 aliphatic rings. The first-order chi connectivity index (χ1) is 7.77. The largest absolute Gasteiger partial charge is 0.465 e. The summed E-state index contributed by atoms with van der Waals surface area (Å²) in [7, 11) is 5.41. The van der Waals surface area contributed by atoms with Crippen LogP contribution in [0.15, 0.2) is 18.2 Å². The molecule has 0 fully saturated rings. The Hall–Kier alpha value is -1.51. The molecule has 0 saturated heterocycles. The van der Waals surface area contributed by atoms with Crippen LogP contribution in [-0.2, 0) is 10.2 Å². The standard InChI is InChI=1S/C14H21NO2/c1-14(2,3)11-9-10(13(16)17-6)7-8-12(11)15(4)5/h7-9H,1-6H3. The zero-order valence-corrected chi connectivity index (χ0v) is 11.5. The van der Waals surface area contributed by atoms with Crippen molar-refractivity contribution in [1.82, 2.24) is 0 Å². The van der Waals surface area contributed by atoms with Crippen molar-refractivity contribution in [3.8, 4) is 0 Å². The molecule has 0 spiro atoms. The van der Waals surface area contributed by atoms with Gasteiger partial charge in [0.05, 0.1) is 12.7 Å². The molecule has 0 atom stereocenters. The molecule has 0 aliphatic carbocycles. The molecule has 1 rings (SSSR count). The molecule has 0 unspecified atom stereocenters. The lowest BCUT2D eigenvalue weighted by molar-refractivity contribution is 0.0600. The fourth-order valence-electron chi connectivity index (χ4n) is 1.77. The van der Waals surface area contributed by atoms with Gasteiger partial charge in [-0.2, -0.15) is 0 Å². The van der Waals surface area contributed by atoms with Crippen molar-refractivity contribution in [2.24, 2.45) is 0 Å². The highest BCUT2D eigenvalue weighted by molar-refractivity contribution is 5.90. The van der Waals surface area contributed by atoms with Gasteiger partial charge in [0.1, 0.15) is 0 Å². The molecule has 0 heterocycles. The highest BCUT2D eigenvalue weighted by atomic mass is 16.5. The minimum Gasteiger partial charge on any atom is -0.465 e. The Labute approximate surface area is 103 Å². The number of carbonyl (C=O) groups is 1. The normalized spacial score (nSPS) is 11.2. The average molecular weight is 235 g/mol. The van der Waals surface area contributed by atoms with Gasteiger partial charge >= 0.3 is 5.97 Å². The van der Waals surface area contributed by atoms with Gasteiger partial charge < -0.3 is 9.64 Å². The molecule has 1 aromatic rings. The van der Waals surface area contributed by atoms with Crippen LogP contribution in [0.4, 0.5) is 5.69 Å². The predicted molar refractivity (Wildman–Crippen MR) is 70.8 cm³/mol. The zero-order chi connectivity index (χ0) is 13.2. The van der Waals surface area contributed by atoms with Gasteiger partial charge in [0.25, 0.3) is 0 Å². The molecule has 0 radical (unpaired) electrons. The van der Waals surface area contributed by atoms with Crippen molar-refractivity contribution in [2.45, 2.75) is 26.2 Å². The van der Waals surface area contributed by atoms with Gasteiger partial charge in [-0.15, -0.1) is 0 Å². The predicted octanol–water partition coefficient (Wildman–Crippen LogP) is 2.84. The summed E-state index contributed by atoms with van der Waals surface area (Å²) in [6, 6.07) is 5.68. The molecule has 1 aromatic carbocycles. The lowest BCUT2D eigenvalue weighted by Gasteiger charge is -2.27. The first kappa shape index (κ1) is 13.6. The molecular formula is C14H21NO2. The molecule has 0 N–H and O–H groups in total. The van der Waals surface area contributed by atoms with Gasteiger partial charge in [-0.05, 0) is 29.2 Å². The number of anilines is 1. The van der Waals surface area contributed by atoms with E-state index in [9.17, 15) is 4.79 Å². The summed E-state index contributed by atoms with van der Waals surface area (Å²) < 4.78 is 4.75. The number of methoxy groups -OCH3 is 1. The van der Waals surface area contributed by atoms with Crippen molar-refractivity contribution in [3.05, 3.63) is 29.3 Å². The Kier molecular flexibility index (Phi) is 3.81. The minimum absolute atomic E-state index is 0.0103. The van der Waals surface area contributed by atoms with E-state index in [2.05, 4.69) is 25.7 Å². The number of hydrogen-bond donors (Lipinski definition) is 0. The lowest BCUT2D eigenvalue weighted by Crippen LogP contribution is -2.20. The van der Waals surface area contributed by atoms with Crippen molar-refractivity contribution in [1.29, 1.82) is 0 Å². The molecule has 0 saturated carbocycles. The molecule has 0 bridgehead atoms. The van der Waals surface area contributed by atoms with E-state index < -0.39 is 0 Å².